The van der Waals surface area contributed by atoms with E-state index in [0.29, 0.717) is 0 Å². The molecule has 0 amide bonds. The molecule has 210 valence electrons. The quantitative estimate of drug-likeness (QED) is 0.185. The lowest BCUT2D eigenvalue weighted by atomic mass is 9.98. The first-order valence-electron chi connectivity index (χ1n) is 14.7. The van der Waals surface area contributed by atoms with Crippen molar-refractivity contribution in [2.75, 3.05) is 22.1 Å². The van der Waals surface area contributed by atoms with E-state index in [1.165, 1.54) is 27.3 Å². The lowest BCUT2D eigenvalue weighted by Gasteiger charge is -2.26. The van der Waals surface area contributed by atoms with Gasteiger partial charge in [0.15, 0.2) is 0 Å². The van der Waals surface area contributed by atoms with Gasteiger partial charge in [0.25, 0.3) is 0 Å². The van der Waals surface area contributed by atoms with Crippen LogP contribution >= 0.6 is 0 Å². The Bertz CT molecular complexity index is 2310. The molecule has 0 aliphatic carbocycles. The fourth-order valence-electron chi connectivity index (χ4n) is 6.22. The fraction of sp³-hybridized carbons (Fsp3) is 0. The number of anilines is 6. The van der Waals surface area contributed by atoms with Crippen molar-refractivity contribution in [2.45, 2.75) is 0 Å². The van der Waals surface area contributed by atoms with Crippen molar-refractivity contribution in [3.8, 4) is 11.1 Å². The predicted octanol–water partition coefficient (Wildman–Crippen LogP) is 10.2. The molecule has 4 heteroatoms. The maximum atomic E-state index is 6.07. The van der Waals surface area contributed by atoms with Gasteiger partial charge in [0, 0.05) is 34.1 Å². The van der Waals surface area contributed by atoms with Crippen LogP contribution in [0.2, 0.25) is 0 Å². The van der Waals surface area contributed by atoms with Gasteiger partial charge in [-0.25, -0.2) is 0 Å². The topological polar surface area (TPSA) is 81.3 Å². The Balaban J connectivity index is 1.24. The minimum absolute atomic E-state index is 0.762. The van der Waals surface area contributed by atoms with Crippen LogP contribution < -0.4 is 22.1 Å². The Morgan fingerprint density at radius 3 is 0.909 bits per heavy atom. The first-order valence-corrected chi connectivity index (χ1v) is 14.7. The Hall–Kier alpha value is -6.00. The molecule has 0 aromatic heterocycles. The van der Waals surface area contributed by atoms with E-state index in [-0.39, 0.29) is 0 Å². The van der Waals surface area contributed by atoms with Crippen molar-refractivity contribution in [2.24, 2.45) is 0 Å². The van der Waals surface area contributed by atoms with Crippen molar-refractivity contribution < 1.29 is 0 Å². The summed E-state index contributed by atoms with van der Waals surface area (Å²) in [5.41, 5.74) is 26.0. The lowest BCUT2D eigenvalue weighted by molar-refractivity contribution is 1.30. The van der Waals surface area contributed by atoms with Crippen molar-refractivity contribution in [1.82, 2.24) is 0 Å². The van der Waals surface area contributed by atoms with Gasteiger partial charge in [-0.15, -0.1) is 0 Å². The van der Waals surface area contributed by atoms with Crippen LogP contribution in [-0.4, -0.2) is 0 Å². The van der Waals surface area contributed by atoms with E-state index in [9.17, 15) is 0 Å². The zero-order valence-corrected chi connectivity index (χ0v) is 24.0. The van der Waals surface area contributed by atoms with Gasteiger partial charge >= 0.3 is 0 Å². The van der Waals surface area contributed by atoms with E-state index in [1.807, 2.05) is 36.4 Å². The van der Waals surface area contributed by atoms with Gasteiger partial charge in [0.1, 0.15) is 0 Å². The van der Waals surface area contributed by atoms with Gasteiger partial charge in [-0.05, 0) is 139 Å². The molecule has 0 heterocycles. The maximum absolute atomic E-state index is 6.07. The minimum Gasteiger partial charge on any atom is -0.399 e. The smallest absolute Gasteiger partial charge is 0.0468 e. The summed E-state index contributed by atoms with van der Waals surface area (Å²) in [6, 6.07) is 51.1. The first kappa shape index (κ1) is 25.7. The highest BCUT2D eigenvalue weighted by atomic mass is 15.1. The fourth-order valence-corrected chi connectivity index (χ4v) is 6.22. The molecule has 0 spiro atoms. The van der Waals surface area contributed by atoms with Gasteiger partial charge in [-0.2, -0.15) is 0 Å². The second kappa shape index (κ2) is 10.1. The molecule has 0 aliphatic rings. The Morgan fingerprint density at radius 2 is 0.545 bits per heavy atom. The van der Waals surface area contributed by atoms with E-state index >= 15 is 0 Å². The van der Waals surface area contributed by atoms with E-state index in [4.69, 9.17) is 17.2 Å². The summed E-state index contributed by atoms with van der Waals surface area (Å²) in [5.74, 6) is 0. The predicted molar refractivity (Wildman–Crippen MR) is 190 cm³/mol. The first-order chi connectivity index (χ1) is 21.5. The SMILES string of the molecule is Nc1ccc2cc(-c3ccc4cc(N(c5ccc6cc(N)ccc6c5)c5ccc6cc(N)ccc6c5)ccc4c3)ccc2c1. The van der Waals surface area contributed by atoms with Crippen LogP contribution in [0.3, 0.4) is 0 Å². The molecule has 0 atom stereocenters. The number of nitrogens with two attached hydrogens (primary N) is 3. The van der Waals surface area contributed by atoms with Crippen LogP contribution in [0, 0.1) is 0 Å². The number of benzene rings is 8. The molecule has 0 aliphatic heterocycles. The Morgan fingerprint density at radius 1 is 0.273 bits per heavy atom. The van der Waals surface area contributed by atoms with Crippen molar-refractivity contribution >= 4 is 77.2 Å². The molecular weight excluding hydrogens is 536 g/mol. The molecule has 8 rings (SSSR count). The van der Waals surface area contributed by atoms with Gasteiger partial charge in [-0.3, -0.25) is 0 Å². The number of nitrogen functional groups attached to an aromatic ring is 3. The summed E-state index contributed by atoms with van der Waals surface area (Å²) >= 11 is 0. The molecule has 44 heavy (non-hydrogen) atoms. The summed E-state index contributed by atoms with van der Waals surface area (Å²) in [5, 5.41) is 9.19. The molecule has 0 fully saturated rings. The highest BCUT2D eigenvalue weighted by molar-refractivity contribution is 5.97. The summed E-state index contributed by atoms with van der Waals surface area (Å²) in [4.78, 5) is 2.31. The molecule has 8 aromatic carbocycles. The van der Waals surface area contributed by atoms with Crippen molar-refractivity contribution in [3.63, 3.8) is 0 Å². The van der Waals surface area contributed by atoms with Crippen LogP contribution in [0.1, 0.15) is 0 Å². The molecule has 0 radical (unpaired) electrons. The van der Waals surface area contributed by atoms with Crippen LogP contribution in [0.15, 0.2) is 146 Å². The highest BCUT2D eigenvalue weighted by Gasteiger charge is 2.15. The molecule has 0 saturated heterocycles. The molecule has 0 saturated carbocycles. The van der Waals surface area contributed by atoms with Gasteiger partial charge in [-0.1, -0.05) is 60.7 Å². The summed E-state index contributed by atoms with van der Waals surface area (Å²) in [6.45, 7) is 0. The average molecular weight is 567 g/mol. The highest BCUT2D eigenvalue weighted by Crippen LogP contribution is 2.39. The third-order valence-electron chi connectivity index (χ3n) is 8.49. The zero-order chi connectivity index (χ0) is 29.8. The minimum atomic E-state index is 0.762. The number of fused-ring (bicyclic) bond motifs is 4. The third-order valence-corrected chi connectivity index (χ3v) is 8.49. The number of hydrogen-bond acceptors (Lipinski definition) is 4. The third kappa shape index (κ3) is 4.59. The summed E-state index contributed by atoms with van der Waals surface area (Å²) < 4.78 is 0. The zero-order valence-electron chi connectivity index (χ0n) is 24.0. The van der Waals surface area contributed by atoms with E-state index in [2.05, 4.69) is 114 Å². The van der Waals surface area contributed by atoms with Gasteiger partial charge in [0.05, 0.1) is 0 Å². The normalized spacial score (nSPS) is 11.5. The Kier molecular flexibility index (Phi) is 5.88. The van der Waals surface area contributed by atoms with Crippen LogP contribution in [0.25, 0.3) is 54.2 Å². The summed E-state index contributed by atoms with van der Waals surface area (Å²) in [7, 11) is 0. The molecule has 6 N–H and O–H groups in total. The van der Waals surface area contributed by atoms with Crippen molar-refractivity contribution in [3.05, 3.63) is 146 Å². The Labute approximate surface area is 255 Å². The average Bonchev–Trinajstić information content (AvgIpc) is 3.04. The van der Waals surface area contributed by atoms with Crippen LogP contribution in [-0.2, 0) is 0 Å². The van der Waals surface area contributed by atoms with Crippen LogP contribution in [0.4, 0.5) is 34.1 Å². The lowest BCUT2D eigenvalue weighted by Crippen LogP contribution is -2.10. The second-order valence-corrected chi connectivity index (χ2v) is 11.5. The molecule has 8 aromatic rings. The van der Waals surface area contributed by atoms with E-state index < -0.39 is 0 Å². The van der Waals surface area contributed by atoms with Gasteiger partial charge < -0.3 is 22.1 Å². The van der Waals surface area contributed by atoms with E-state index in [0.717, 1.165) is 61.1 Å². The van der Waals surface area contributed by atoms with Crippen molar-refractivity contribution in [1.29, 1.82) is 0 Å². The van der Waals surface area contributed by atoms with Crippen LogP contribution in [0.5, 0.6) is 0 Å². The maximum Gasteiger partial charge on any atom is 0.0468 e. The summed E-state index contributed by atoms with van der Waals surface area (Å²) in [6.07, 6.45) is 0. The number of rotatable bonds is 4. The number of nitrogens with zero attached hydrogens (tertiary/aromatic N) is 1. The molecule has 0 bridgehead atoms. The second-order valence-electron chi connectivity index (χ2n) is 11.5. The van der Waals surface area contributed by atoms with E-state index in [1.54, 1.807) is 0 Å². The molecule has 4 nitrogen and oxygen atoms in total. The molecular formula is C40H30N4. The monoisotopic (exact) mass is 566 g/mol. The largest absolute Gasteiger partial charge is 0.399 e. The number of hydrogen-bond donors (Lipinski definition) is 3. The van der Waals surface area contributed by atoms with Gasteiger partial charge in [0.2, 0.25) is 0 Å². The molecule has 0 unspecified atom stereocenters. The standard InChI is InChI=1S/C40H30N4/c41-35-11-5-27-17-25(1-3-29(27)19-35)26-2-4-32-22-38(14-8-28(32)18-26)44(39-15-9-30-20-36(42)12-6-33(30)23-39)40-16-10-31-21-37(43)13-7-34(31)24-40/h1-24H,41-43H2.